The quantitative estimate of drug-likeness (QED) is 0.450. The van der Waals surface area contributed by atoms with Crippen molar-refractivity contribution in [2.45, 2.75) is 31.7 Å². The molecule has 1 fully saturated rings. The van der Waals surface area contributed by atoms with Gasteiger partial charge in [0.05, 0.1) is 12.6 Å². The van der Waals surface area contributed by atoms with Crippen LogP contribution in [0.15, 0.2) is 29.3 Å². The fourth-order valence-corrected chi connectivity index (χ4v) is 2.86. The van der Waals surface area contributed by atoms with Crippen LogP contribution < -0.4 is 5.73 Å². The van der Waals surface area contributed by atoms with Gasteiger partial charge in [0.1, 0.15) is 5.82 Å². The summed E-state index contributed by atoms with van der Waals surface area (Å²) in [6.45, 7) is 2.52. The van der Waals surface area contributed by atoms with E-state index in [2.05, 4.69) is 9.89 Å². The molecule has 6 heteroatoms. The summed E-state index contributed by atoms with van der Waals surface area (Å²) in [6.07, 6.45) is 4.90. The molecule has 2 N–H and O–H groups in total. The molecular weight excluding hydrogens is 406 g/mol. The van der Waals surface area contributed by atoms with Crippen molar-refractivity contribution in [2.24, 2.45) is 10.7 Å². The molecule has 0 radical (unpaired) electrons. The van der Waals surface area contributed by atoms with Gasteiger partial charge < -0.3 is 15.5 Å². The van der Waals surface area contributed by atoms with E-state index in [1.54, 1.807) is 12.1 Å². The molecular formula is C17H28FIN4. The molecule has 1 aliphatic rings. The summed E-state index contributed by atoms with van der Waals surface area (Å²) < 4.78 is 13.4. The molecule has 4 nitrogen and oxygen atoms in total. The molecule has 0 amide bonds. The number of nitrogens with zero attached hydrogens (tertiary/aromatic N) is 3. The van der Waals surface area contributed by atoms with Gasteiger partial charge in [-0.15, -0.1) is 24.0 Å². The van der Waals surface area contributed by atoms with Crippen molar-refractivity contribution in [2.75, 3.05) is 33.7 Å². The number of likely N-dealkylation sites (N-methyl/N-ethyl adjacent to an activating group) is 1. The van der Waals surface area contributed by atoms with Gasteiger partial charge >= 0.3 is 0 Å². The van der Waals surface area contributed by atoms with Crippen molar-refractivity contribution in [3.63, 3.8) is 0 Å². The number of hydrogen-bond acceptors (Lipinski definition) is 2. The SMILES string of the molecule is CN(C)C(CN=C(N)N1CCCCCC1)c1cccc(F)c1.I. The van der Waals surface area contributed by atoms with Gasteiger partial charge in [0.2, 0.25) is 0 Å². The lowest BCUT2D eigenvalue weighted by atomic mass is 10.1. The second-order valence-corrected chi connectivity index (χ2v) is 6.13. The maximum Gasteiger partial charge on any atom is 0.191 e. The molecule has 1 heterocycles. The highest BCUT2D eigenvalue weighted by Gasteiger charge is 2.16. The van der Waals surface area contributed by atoms with E-state index in [1.165, 1.54) is 31.7 Å². The maximum atomic E-state index is 13.4. The van der Waals surface area contributed by atoms with Gasteiger partial charge in [-0.05, 0) is 44.6 Å². The predicted molar refractivity (Wildman–Crippen MR) is 105 cm³/mol. The molecule has 1 aliphatic heterocycles. The van der Waals surface area contributed by atoms with E-state index < -0.39 is 0 Å². The minimum absolute atomic E-state index is 0. The maximum absolute atomic E-state index is 13.4. The Morgan fingerprint density at radius 2 is 1.91 bits per heavy atom. The molecule has 130 valence electrons. The minimum Gasteiger partial charge on any atom is -0.370 e. The highest BCUT2D eigenvalue weighted by Crippen LogP contribution is 2.19. The third-order valence-electron chi connectivity index (χ3n) is 4.21. The fourth-order valence-electron chi connectivity index (χ4n) is 2.86. The zero-order valence-electron chi connectivity index (χ0n) is 14.0. The van der Waals surface area contributed by atoms with Crippen molar-refractivity contribution < 1.29 is 4.39 Å². The molecule has 23 heavy (non-hydrogen) atoms. The average molecular weight is 434 g/mol. The Bertz CT molecular complexity index is 499. The molecule has 0 aromatic heterocycles. The first-order valence-corrected chi connectivity index (χ1v) is 8.04. The number of aliphatic imine (C=N–C) groups is 1. The first-order chi connectivity index (χ1) is 10.6. The number of nitrogens with two attached hydrogens (primary N) is 1. The van der Waals surface area contributed by atoms with Gasteiger partial charge in [-0.2, -0.15) is 0 Å². The summed E-state index contributed by atoms with van der Waals surface area (Å²) in [4.78, 5) is 8.79. The Balaban J connectivity index is 0.00000264. The van der Waals surface area contributed by atoms with Gasteiger partial charge in [-0.25, -0.2) is 4.39 Å². The molecule has 0 bridgehead atoms. The lowest BCUT2D eigenvalue weighted by Gasteiger charge is -2.25. The Morgan fingerprint density at radius 3 is 2.48 bits per heavy atom. The Labute approximate surface area is 156 Å². The highest BCUT2D eigenvalue weighted by atomic mass is 127. The van der Waals surface area contributed by atoms with E-state index in [0.717, 1.165) is 18.7 Å². The zero-order chi connectivity index (χ0) is 15.9. The van der Waals surface area contributed by atoms with E-state index in [9.17, 15) is 4.39 Å². The van der Waals surface area contributed by atoms with E-state index >= 15 is 0 Å². The summed E-state index contributed by atoms with van der Waals surface area (Å²) in [5.41, 5.74) is 7.09. The summed E-state index contributed by atoms with van der Waals surface area (Å²) in [7, 11) is 3.96. The van der Waals surface area contributed by atoms with Crippen LogP contribution in [0, 0.1) is 5.82 Å². The Kier molecular flexibility index (Phi) is 8.83. The predicted octanol–water partition coefficient (Wildman–Crippen LogP) is 3.24. The van der Waals surface area contributed by atoms with E-state index in [4.69, 9.17) is 5.73 Å². The number of halogens is 2. The van der Waals surface area contributed by atoms with Crippen molar-refractivity contribution in [3.05, 3.63) is 35.6 Å². The summed E-state index contributed by atoms with van der Waals surface area (Å²) in [5, 5.41) is 0. The first kappa shape index (κ1) is 20.2. The standard InChI is InChI=1S/C17H27FN4.HI/c1-21(2)16(14-8-7-9-15(18)12-14)13-20-17(19)22-10-5-3-4-6-11-22;/h7-9,12,16H,3-6,10-11,13H2,1-2H3,(H2,19,20);1H. The topological polar surface area (TPSA) is 44.9 Å². The van der Waals surface area contributed by atoms with E-state index in [-0.39, 0.29) is 35.8 Å². The number of guanidine groups is 1. The van der Waals surface area contributed by atoms with Crippen LogP contribution in [0.3, 0.4) is 0 Å². The van der Waals surface area contributed by atoms with Gasteiger partial charge in [0.25, 0.3) is 0 Å². The first-order valence-electron chi connectivity index (χ1n) is 8.04. The van der Waals surface area contributed by atoms with E-state index in [0.29, 0.717) is 12.5 Å². The number of benzene rings is 1. The van der Waals surface area contributed by atoms with Gasteiger partial charge in [-0.3, -0.25) is 4.99 Å². The normalized spacial score (nSPS) is 17.6. The lowest BCUT2D eigenvalue weighted by molar-refractivity contribution is 0.304. The molecule has 1 atom stereocenters. The lowest BCUT2D eigenvalue weighted by Crippen LogP contribution is -2.38. The van der Waals surface area contributed by atoms with Crippen LogP contribution in [0.25, 0.3) is 0 Å². The summed E-state index contributed by atoms with van der Waals surface area (Å²) in [6, 6.07) is 6.74. The minimum atomic E-state index is -0.214. The smallest absolute Gasteiger partial charge is 0.191 e. The zero-order valence-corrected chi connectivity index (χ0v) is 16.4. The molecule has 1 unspecified atom stereocenters. The van der Waals surface area contributed by atoms with Crippen LogP contribution in [-0.2, 0) is 0 Å². The molecule has 0 spiro atoms. The molecule has 1 saturated heterocycles. The van der Waals surface area contributed by atoms with Gasteiger partial charge in [0, 0.05) is 13.1 Å². The number of rotatable bonds is 4. The van der Waals surface area contributed by atoms with Crippen molar-refractivity contribution in [1.82, 2.24) is 9.80 Å². The van der Waals surface area contributed by atoms with Crippen LogP contribution >= 0.6 is 24.0 Å². The third-order valence-corrected chi connectivity index (χ3v) is 4.21. The second kappa shape index (κ2) is 10.1. The van der Waals surface area contributed by atoms with Crippen LogP contribution in [-0.4, -0.2) is 49.5 Å². The van der Waals surface area contributed by atoms with Gasteiger partial charge in [-0.1, -0.05) is 25.0 Å². The molecule has 1 aromatic rings. The highest BCUT2D eigenvalue weighted by molar-refractivity contribution is 14.0. The monoisotopic (exact) mass is 434 g/mol. The number of likely N-dealkylation sites (tertiary alicyclic amines) is 1. The van der Waals surface area contributed by atoms with E-state index in [1.807, 2.05) is 25.1 Å². The molecule has 1 aromatic carbocycles. The van der Waals surface area contributed by atoms with Crippen molar-refractivity contribution in [1.29, 1.82) is 0 Å². The summed E-state index contributed by atoms with van der Waals surface area (Å²) in [5.74, 6) is 0.402. The fraction of sp³-hybridized carbons (Fsp3) is 0.588. The third kappa shape index (κ3) is 6.25. The van der Waals surface area contributed by atoms with Crippen LogP contribution in [0.5, 0.6) is 0 Å². The van der Waals surface area contributed by atoms with Crippen LogP contribution in [0.2, 0.25) is 0 Å². The van der Waals surface area contributed by atoms with Crippen LogP contribution in [0.1, 0.15) is 37.3 Å². The van der Waals surface area contributed by atoms with Crippen molar-refractivity contribution >= 4 is 29.9 Å². The molecule has 2 rings (SSSR count). The largest absolute Gasteiger partial charge is 0.370 e. The molecule has 0 aliphatic carbocycles. The van der Waals surface area contributed by atoms with Gasteiger partial charge in [0.15, 0.2) is 5.96 Å². The average Bonchev–Trinajstić information content (AvgIpc) is 2.76. The Morgan fingerprint density at radius 1 is 1.26 bits per heavy atom. The van der Waals surface area contributed by atoms with Crippen LogP contribution in [0.4, 0.5) is 4.39 Å². The summed E-state index contributed by atoms with van der Waals surface area (Å²) >= 11 is 0. The molecule has 0 saturated carbocycles. The van der Waals surface area contributed by atoms with Crippen molar-refractivity contribution in [3.8, 4) is 0 Å². The number of hydrogen-bond donors (Lipinski definition) is 1. The Hall–Kier alpha value is -0.890. The second-order valence-electron chi connectivity index (χ2n) is 6.13.